The zero-order valence-corrected chi connectivity index (χ0v) is 5.46. The van der Waals surface area contributed by atoms with Crippen LogP contribution in [0.4, 0.5) is 0 Å². The molecule has 5 nitrogen and oxygen atoms in total. The van der Waals surface area contributed by atoms with E-state index in [2.05, 4.69) is 4.43 Å². The Kier molecular flexibility index (Phi) is 5.39. The summed E-state index contributed by atoms with van der Waals surface area (Å²) >= 11 is 0. The summed E-state index contributed by atoms with van der Waals surface area (Å²) < 4.78 is 4.03. The maximum Gasteiger partial charge on any atom is 0.671 e. The van der Waals surface area contributed by atoms with Gasteiger partial charge in [-0.05, 0) is 6.92 Å². The Hall–Kier alpha value is 0.0169. The van der Waals surface area contributed by atoms with E-state index in [0.717, 1.165) is 0 Å². The highest BCUT2D eigenvalue weighted by molar-refractivity contribution is 6.48. The molecule has 0 aromatic heterocycles. The molecule has 5 N–H and O–H groups in total. The smallest absolute Gasteiger partial charge is 0.412 e. The second-order valence-corrected chi connectivity index (χ2v) is 2.44. The lowest BCUT2D eigenvalue weighted by atomic mass is 10.9. The SMILES string of the molecule is CCO[Si](O)(O)O.O. The predicted molar refractivity (Wildman–Crippen MR) is 27.7 cm³/mol. The molecule has 8 heavy (non-hydrogen) atoms. The lowest BCUT2D eigenvalue weighted by Crippen LogP contribution is -2.38. The topological polar surface area (TPSA) is 101 Å². The minimum absolute atomic E-state index is 0. The first kappa shape index (κ1) is 10.9. The molecule has 0 aliphatic heterocycles. The molecule has 0 saturated heterocycles. The van der Waals surface area contributed by atoms with Gasteiger partial charge in [0.25, 0.3) is 0 Å². The highest BCUT2D eigenvalue weighted by Gasteiger charge is 2.28. The van der Waals surface area contributed by atoms with Crippen LogP contribution in [0.15, 0.2) is 0 Å². The van der Waals surface area contributed by atoms with E-state index in [1.807, 2.05) is 0 Å². The summed E-state index contributed by atoms with van der Waals surface area (Å²) in [5, 5.41) is 0. The Bertz CT molecular complexity index is 48.9. The summed E-state index contributed by atoms with van der Waals surface area (Å²) in [6.07, 6.45) is 0. The zero-order chi connectivity index (χ0) is 5.91. The highest BCUT2D eigenvalue weighted by Crippen LogP contribution is 1.85. The molecule has 0 aromatic rings. The predicted octanol–water partition coefficient (Wildman–Crippen LogP) is -2.39. The third-order valence-electron chi connectivity index (χ3n) is 0.338. The van der Waals surface area contributed by atoms with Crippen LogP contribution in [-0.2, 0) is 4.43 Å². The molecule has 0 saturated carbocycles. The van der Waals surface area contributed by atoms with Gasteiger partial charge < -0.3 is 24.3 Å². The molecular formula is C2H10O5Si. The normalized spacial score (nSPS) is 10.5. The number of rotatable bonds is 2. The van der Waals surface area contributed by atoms with Gasteiger partial charge in [-0.3, -0.25) is 0 Å². The molecule has 0 spiro atoms. The number of hydrogen-bond acceptors (Lipinski definition) is 4. The van der Waals surface area contributed by atoms with Crippen molar-refractivity contribution in [1.29, 1.82) is 0 Å². The highest BCUT2D eigenvalue weighted by atomic mass is 28.4. The molecule has 0 aromatic carbocycles. The van der Waals surface area contributed by atoms with Crippen molar-refractivity contribution in [1.82, 2.24) is 0 Å². The first-order valence-electron chi connectivity index (χ1n) is 1.87. The van der Waals surface area contributed by atoms with Crippen LogP contribution in [0.25, 0.3) is 0 Å². The van der Waals surface area contributed by atoms with Crippen LogP contribution in [0.3, 0.4) is 0 Å². The van der Waals surface area contributed by atoms with Crippen LogP contribution in [-0.4, -0.2) is 35.5 Å². The molecule has 0 bridgehead atoms. The summed E-state index contributed by atoms with van der Waals surface area (Å²) in [7, 11) is -4.16. The molecule has 0 aliphatic rings. The van der Waals surface area contributed by atoms with E-state index in [1.165, 1.54) is 0 Å². The second-order valence-electron chi connectivity index (χ2n) is 1.01. The zero-order valence-electron chi connectivity index (χ0n) is 4.46. The largest absolute Gasteiger partial charge is 0.671 e. The average Bonchev–Trinajstić information content (AvgIpc) is 1.30. The minimum atomic E-state index is -4.16. The third kappa shape index (κ3) is 9.39. The Morgan fingerprint density at radius 3 is 1.75 bits per heavy atom. The molecule has 0 heterocycles. The van der Waals surface area contributed by atoms with Gasteiger partial charge in [-0.15, -0.1) is 0 Å². The van der Waals surface area contributed by atoms with Crippen molar-refractivity contribution >= 4 is 9.05 Å². The van der Waals surface area contributed by atoms with Gasteiger partial charge in [0, 0.05) is 6.61 Å². The Morgan fingerprint density at radius 2 is 1.75 bits per heavy atom. The van der Waals surface area contributed by atoms with Crippen LogP contribution in [0, 0.1) is 0 Å². The van der Waals surface area contributed by atoms with Gasteiger partial charge in [-0.25, -0.2) is 0 Å². The second kappa shape index (κ2) is 3.95. The van der Waals surface area contributed by atoms with Crippen LogP contribution in [0.5, 0.6) is 0 Å². The van der Waals surface area contributed by atoms with Crippen molar-refractivity contribution in [2.24, 2.45) is 0 Å². The van der Waals surface area contributed by atoms with Crippen LogP contribution in [0.2, 0.25) is 0 Å². The molecule has 52 valence electrons. The molecule has 0 amide bonds. The van der Waals surface area contributed by atoms with Crippen molar-refractivity contribution in [3.05, 3.63) is 0 Å². The number of hydrogen-bond donors (Lipinski definition) is 3. The summed E-state index contributed by atoms with van der Waals surface area (Å²) in [5.74, 6) is 0. The summed E-state index contributed by atoms with van der Waals surface area (Å²) in [6.45, 7) is 1.68. The average molecular weight is 142 g/mol. The van der Waals surface area contributed by atoms with Crippen molar-refractivity contribution in [3.63, 3.8) is 0 Å². The van der Waals surface area contributed by atoms with E-state index in [9.17, 15) is 0 Å². The van der Waals surface area contributed by atoms with Gasteiger partial charge in [-0.2, -0.15) is 0 Å². The van der Waals surface area contributed by atoms with E-state index < -0.39 is 9.05 Å². The van der Waals surface area contributed by atoms with Crippen LogP contribution in [0.1, 0.15) is 6.92 Å². The molecule has 0 rings (SSSR count). The lowest BCUT2D eigenvalue weighted by molar-refractivity contribution is 0.0687. The van der Waals surface area contributed by atoms with Gasteiger partial charge in [0.2, 0.25) is 0 Å². The van der Waals surface area contributed by atoms with E-state index in [0.29, 0.717) is 0 Å². The summed E-state index contributed by atoms with van der Waals surface area (Å²) in [6, 6.07) is 0. The minimum Gasteiger partial charge on any atom is -0.412 e. The maximum absolute atomic E-state index is 8.05. The quantitative estimate of drug-likeness (QED) is 0.374. The van der Waals surface area contributed by atoms with E-state index in [1.54, 1.807) is 6.92 Å². The first-order valence-corrected chi connectivity index (χ1v) is 3.62. The molecule has 0 unspecified atom stereocenters. The lowest BCUT2D eigenvalue weighted by Gasteiger charge is -2.05. The standard InChI is InChI=1S/C2H8O4Si.H2O/c1-2-6-7(3,4)5;/h3-5H,2H2,1H3;1H2. The molecule has 6 heteroatoms. The monoisotopic (exact) mass is 142 g/mol. The van der Waals surface area contributed by atoms with Gasteiger partial charge in [-0.1, -0.05) is 0 Å². The fourth-order valence-electron chi connectivity index (χ4n) is 0.194. The van der Waals surface area contributed by atoms with Crippen molar-refractivity contribution < 1.29 is 24.3 Å². The molecule has 0 radical (unpaired) electrons. The van der Waals surface area contributed by atoms with Gasteiger partial charge >= 0.3 is 9.05 Å². The molecule has 0 aliphatic carbocycles. The third-order valence-corrected chi connectivity index (χ3v) is 1.01. The van der Waals surface area contributed by atoms with Crippen molar-refractivity contribution in [2.45, 2.75) is 6.92 Å². The Labute approximate surface area is 48.0 Å². The molecule has 0 atom stereocenters. The summed E-state index contributed by atoms with van der Waals surface area (Å²) in [5.41, 5.74) is 0. The van der Waals surface area contributed by atoms with Gasteiger partial charge in [0.1, 0.15) is 0 Å². The fraction of sp³-hybridized carbons (Fsp3) is 1.00. The fourth-order valence-corrected chi connectivity index (χ4v) is 0.581. The van der Waals surface area contributed by atoms with E-state index >= 15 is 0 Å². The Balaban J connectivity index is 0. The first-order chi connectivity index (χ1) is 3.06. The maximum atomic E-state index is 8.05. The Morgan fingerprint density at radius 1 is 1.38 bits per heavy atom. The molecule has 0 fully saturated rings. The van der Waals surface area contributed by atoms with Gasteiger partial charge in [0.15, 0.2) is 0 Å². The molecular weight excluding hydrogens is 132 g/mol. The summed E-state index contributed by atoms with van der Waals surface area (Å²) in [4.78, 5) is 24.1. The van der Waals surface area contributed by atoms with Crippen molar-refractivity contribution in [2.75, 3.05) is 6.61 Å². The van der Waals surface area contributed by atoms with Gasteiger partial charge in [0.05, 0.1) is 0 Å². The van der Waals surface area contributed by atoms with E-state index in [-0.39, 0.29) is 12.1 Å². The van der Waals surface area contributed by atoms with Crippen LogP contribution >= 0.6 is 0 Å². The van der Waals surface area contributed by atoms with Crippen molar-refractivity contribution in [3.8, 4) is 0 Å². The van der Waals surface area contributed by atoms with Crippen LogP contribution < -0.4 is 0 Å². The van der Waals surface area contributed by atoms with E-state index in [4.69, 9.17) is 14.4 Å².